The topological polar surface area (TPSA) is 121 Å². The van der Waals surface area contributed by atoms with E-state index < -0.39 is 16.6 Å². The minimum absolute atomic E-state index is 0.00957. The van der Waals surface area contributed by atoms with Gasteiger partial charge in [-0.15, -0.1) is 0 Å². The molecule has 2 heterocycles. The predicted octanol–water partition coefficient (Wildman–Crippen LogP) is 4.85. The average Bonchev–Trinajstić information content (AvgIpc) is 2.94. The molecule has 0 fully saturated rings. The Balaban J connectivity index is 1.58. The summed E-state index contributed by atoms with van der Waals surface area (Å²) in [5.74, 6) is 1.03. The maximum Gasteiger partial charge on any atom is 0.339 e. The Labute approximate surface area is 223 Å². The number of hydrogen-bond donors (Lipinski definition) is 0. The van der Waals surface area contributed by atoms with Crippen molar-refractivity contribution in [3.63, 3.8) is 0 Å². The number of amides is 1. The van der Waals surface area contributed by atoms with Crippen LogP contribution in [0.25, 0.3) is 11.0 Å². The molecule has 0 saturated heterocycles. The van der Waals surface area contributed by atoms with Crippen molar-refractivity contribution in [2.75, 3.05) is 27.4 Å². The lowest BCUT2D eigenvalue weighted by Crippen LogP contribution is -2.43. The van der Waals surface area contributed by atoms with Crippen molar-refractivity contribution in [1.29, 1.82) is 0 Å². The molecule has 200 valence electrons. The number of nitrogens with zero attached hydrogens (tertiary/aromatic N) is 2. The van der Waals surface area contributed by atoms with Crippen LogP contribution in [0.4, 0.5) is 5.69 Å². The van der Waals surface area contributed by atoms with Crippen molar-refractivity contribution < 1.29 is 28.3 Å². The van der Waals surface area contributed by atoms with Gasteiger partial charge in [0.1, 0.15) is 17.9 Å². The molecule has 0 bridgehead atoms. The summed E-state index contributed by atoms with van der Waals surface area (Å²) in [7, 11) is 3.09. The van der Waals surface area contributed by atoms with Gasteiger partial charge in [0.2, 0.25) is 0 Å². The van der Waals surface area contributed by atoms with Crippen molar-refractivity contribution in [1.82, 2.24) is 4.90 Å². The number of carbonyl (C=O) groups is 1. The van der Waals surface area contributed by atoms with Gasteiger partial charge in [-0.3, -0.25) is 14.9 Å². The minimum atomic E-state index is -0.592. The molecule has 0 spiro atoms. The summed E-state index contributed by atoms with van der Waals surface area (Å²) in [5.41, 5.74) is 1.98. The second kappa shape index (κ2) is 10.5. The van der Waals surface area contributed by atoms with Crippen LogP contribution in [-0.4, -0.2) is 43.1 Å². The molecule has 1 aromatic heterocycles. The number of fused-ring (bicyclic) bond motifs is 2. The molecule has 3 aromatic carbocycles. The van der Waals surface area contributed by atoms with Gasteiger partial charge < -0.3 is 23.5 Å². The standard InChI is InChI=1S/C29H26N2O8/c1-17-19(8-6-9-22(17)31(34)35)29(33)30-12-11-18-13-26(36-2)27(37-3)14-21(18)23(30)16-38-25-15-28(32)39-24-10-5-4-7-20(24)25/h4-10,13-15,23H,11-12,16H2,1-3H3. The van der Waals surface area contributed by atoms with E-state index in [0.29, 0.717) is 41.2 Å². The maximum atomic E-state index is 13.9. The Hall–Kier alpha value is -4.86. The number of para-hydroxylation sites is 1. The summed E-state index contributed by atoms with van der Waals surface area (Å²) in [6.45, 7) is 1.92. The lowest BCUT2D eigenvalue weighted by atomic mass is 9.91. The normalized spacial score (nSPS) is 14.5. The van der Waals surface area contributed by atoms with Gasteiger partial charge in [-0.05, 0) is 54.8 Å². The number of methoxy groups -OCH3 is 2. The molecule has 5 rings (SSSR count). The smallest absolute Gasteiger partial charge is 0.339 e. The Morgan fingerprint density at radius 2 is 1.79 bits per heavy atom. The van der Waals surface area contributed by atoms with Crippen LogP contribution in [0.3, 0.4) is 0 Å². The Morgan fingerprint density at radius 1 is 1.05 bits per heavy atom. The number of carbonyl (C=O) groups excluding carboxylic acids is 1. The molecule has 39 heavy (non-hydrogen) atoms. The zero-order valence-electron chi connectivity index (χ0n) is 21.6. The first-order valence-electron chi connectivity index (χ1n) is 12.3. The number of nitro groups is 1. The van der Waals surface area contributed by atoms with E-state index in [9.17, 15) is 19.7 Å². The number of benzene rings is 3. The second-order valence-corrected chi connectivity index (χ2v) is 9.11. The molecule has 0 aliphatic carbocycles. The van der Waals surface area contributed by atoms with E-state index in [1.165, 1.54) is 25.3 Å². The molecule has 10 nitrogen and oxygen atoms in total. The number of ether oxygens (including phenoxy) is 3. The van der Waals surface area contributed by atoms with Crippen molar-refractivity contribution in [3.05, 3.63) is 103 Å². The third-order valence-electron chi connectivity index (χ3n) is 7.00. The van der Waals surface area contributed by atoms with Gasteiger partial charge in [0.05, 0.1) is 36.6 Å². The maximum absolute atomic E-state index is 13.9. The fraction of sp³-hybridized carbons (Fsp3) is 0.241. The Kier molecular flexibility index (Phi) is 6.93. The summed E-state index contributed by atoms with van der Waals surface area (Å²) < 4.78 is 22.5. The van der Waals surface area contributed by atoms with Crippen molar-refractivity contribution in [3.8, 4) is 17.2 Å². The summed E-state index contributed by atoms with van der Waals surface area (Å²) in [5, 5.41) is 12.1. The van der Waals surface area contributed by atoms with Crippen LogP contribution in [0.5, 0.6) is 17.2 Å². The quantitative estimate of drug-likeness (QED) is 0.189. The highest BCUT2D eigenvalue weighted by molar-refractivity contribution is 5.97. The summed E-state index contributed by atoms with van der Waals surface area (Å²) in [6, 6.07) is 15.9. The van der Waals surface area contributed by atoms with E-state index in [0.717, 1.165) is 11.1 Å². The molecule has 10 heteroatoms. The molecule has 1 aliphatic heterocycles. The van der Waals surface area contributed by atoms with Crippen molar-refractivity contribution in [2.45, 2.75) is 19.4 Å². The van der Waals surface area contributed by atoms with Crippen LogP contribution < -0.4 is 19.8 Å². The summed E-state index contributed by atoms with van der Waals surface area (Å²) >= 11 is 0. The average molecular weight is 531 g/mol. The van der Waals surface area contributed by atoms with Gasteiger partial charge in [-0.1, -0.05) is 18.2 Å². The van der Waals surface area contributed by atoms with Gasteiger partial charge in [0.15, 0.2) is 11.5 Å². The van der Waals surface area contributed by atoms with Crippen LogP contribution in [0.1, 0.15) is 33.1 Å². The molecule has 1 amide bonds. The Morgan fingerprint density at radius 3 is 2.54 bits per heavy atom. The first kappa shape index (κ1) is 25.8. The zero-order valence-corrected chi connectivity index (χ0v) is 21.6. The highest BCUT2D eigenvalue weighted by atomic mass is 16.6. The molecule has 0 N–H and O–H groups in total. The molecule has 4 aromatic rings. The first-order chi connectivity index (χ1) is 18.8. The minimum Gasteiger partial charge on any atom is -0.493 e. The van der Waals surface area contributed by atoms with Crippen LogP contribution >= 0.6 is 0 Å². The van der Waals surface area contributed by atoms with Crippen LogP contribution in [-0.2, 0) is 6.42 Å². The van der Waals surface area contributed by atoms with E-state index in [1.54, 1.807) is 43.2 Å². The molecule has 0 saturated carbocycles. The van der Waals surface area contributed by atoms with E-state index >= 15 is 0 Å². The molecular weight excluding hydrogens is 504 g/mol. The van der Waals surface area contributed by atoms with Gasteiger partial charge >= 0.3 is 5.63 Å². The monoisotopic (exact) mass is 530 g/mol. The van der Waals surface area contributed by atoms with E-state index in [1.807, 2.05) is 18.2 Å². The van der Waals surface area contributed by atoms with Crippen LogP contribution in [0.2, 0.25) is 0 Å². The zero-order chi connectivity index (χ0) is 27.7. The van der Waals surface area contributed by atoms with Gasteiger partial charge in [-0.25, -0.2) is 4.79 Å². The van der Waals surface area contributed by atoms with Crippen molar-refractivity contribution >= 4 is 22.6 Å². The molecule has 1 unspecified atom stereocenters. The van der Waals surface area contributed by atoms with Crippen LogP contribution in [0, 0.1) is 17.0 Å². The lowest BCUT2D eigenvalue weighted by Gasteiger charge is -2.38. The summed E-state index contributed by atoms with van der Waals surface area (Å²) in [4.78, 5) is 38.8. The molecular formula is C29H26N2O8. The van der Waals surface area contributed by atoms with E-state index in [2.05, 4.69) is 0 Å². The van der Waals surface area contributed by atoms with E-state index in [-0.39, 0.29) is 29.3 Å². The van der Waals surface area contributed by atoms with Gasteiger partial charge in [0.25, 0.3) is 11.6 Å². The lowest BCUT2D eigenvalue weighted by molar-refractivity contribution is -0.385. The molecule has 1 aliphatic rings. The predicted molar refractivity (Wildman–Crippen MR) is 143 cm³/mol. The third kappa shape index (κ3) is 4.76. The third-order valence-corrected chi connectivity index (χ3v) is 7.00. The largest absolute Gasteiger partial charge is 0.493 e. The number of hydrogen-bond acceptors (Lipinski definition) is 8. The second-order valence-electron chi connectivity index (χ2n) is 9.11. The van der Waals surface area contributed by atoms with Gasteiger partial charge in [-0.2, -0.15) is 0 Å². The van der Waals surface area contributed by atoms with Crippen molar-refractivity contribution in [2.24, 2.45) is 0 Å². The Bertz CT molecular complexity index is 1640. The highest BCUT2D eigenvalue weighted by Gasteiger charge is 2.35. The molecule has 0 radical (unpaired) electrons. The first-order valence-corrected chi connectivity index (χ1v) is 12.3. The fourth-order valence-electron chi connectivity index (χ4n) is 5.03. The van der Waals surface area contributed by atoms with Crippen LogP contribution in [0.15, 0.2) is 69.9 Å². The highest BCUT2D eigenvalue weighted by Crippen LogP contribution is 2.39. The summed E-state index contributed by atoms with van der Waals surface area (Å²) in [6.07, 6.45) is 0.532. The SMILES string of the molecule is COc1cc2c(cc1OC)C(COc1cc(=O)oc3ccccc13)N(C(=O)c1cccc([N+](=O)[O-])c1C)CC2. The van der Waals surface area contributed by atoms with Gasteiger partial charge in [0, 0.05) is 23.7 Å². The number of nitro benzene ring substituents is 1. The fourth-order valence-corrected chi connectivity index (χ4v) is 5.03. The number of rotatable bonds is 7. The molecule has 1 atom stereocenters. The van der Waals surface area contributed by atoms with E-state index in [4.69, 9.17) is 18.6 Å².